The average molecular weight is 518 g/mol. The molecule has 0 N–H and O–H groups in total. The molecular formula is C30H28ClNOS2. The molecule has 178 valence electrons. The minimum absolute atomic E-state index is 0.0931. The Morgan fingerprint density at radius 3 is 1.89 bits per heavy atom. The summed E-state index contributed by atoms with van der Waals surface area (Å²) in [4.78, 5) is 17.0. The van der Waals surface area contributed by atoms with E-state index in [2.05, 4.69) is 80.8 Å². The summed E-state index contributed by atoms with van der Waals surface area (Å²) in [6, 6.07) is 25.1. The number of nitrogens with zero attached hydrogens (tertiary/aromatic N) is 1. The van der Waals surface area contributed by atoms with Crippen molar-refractivity contribution in [2.24, 2.45) is 5.41 Å². The van der Waals surface area contributed by atoms with Crippen LogP contribution >= 0.6 is 35.1 Å². The lowest BCUT2D eigenvalue weighted by Gasteiger charge is -2.30. The third kappa shape index (κ3) is 5.11. The van der Waals surface area contributed by atoms with Crippen molar-refractivity contribution in [1.29, 1.82) is 0 Å². The molecule has 1 heterocycles. The molecule has 0 bridgehead atoms. The first-order chi connectivity index (χ1) is 16.7. The lowest BCUT2D eigenvalue weighted by atomic mass is 9.76. The minimum Gasteiger partial charge on any atom is -0.307 e. The van der Waals surface area contributed by atoms with Crippen molar-refractivity contribution in [2.45, 2.75) is 60.2 Å². The number of rotatable bonds is 5. The van der Waals surface area contributed by atoms with Gasteiger partial charge in [-0.15, -0.1) is 0 Å². The van der Waals surface area contributed by atoms with Gasteiger partial charge in [0.1, 0.15) is 0 Å². The zero-order valence-electron chi connectivity index (χ0n) is 20.4. The van der Waals surface area contributed by atoms with Crippen molar-refractivity contribution < 1.29 is 4.79 Å². The number of hydrogen-bond acceptors (Lipinski definition) is 3. The molecule has 4 aromatic rings. The fourth-order valence-corrected chi connectivity index (χ4v) is 6.95. The van der Waals surface area contributed by atoms with Crippen molar-refractivity contribution in [1.82, 2.24) is 4.57 Å². The third-order valence-electron chi connectivity index (χ3n) is 6.31. The molecule has 0 unspecified atom stereocenters. The first-order valence-electron chi connectivity index (χ1n) is 11.8. The lowest BCUT2D eigenvalue weighted by molar-refractivity contribution is 0.0908. The first kappa shape index (κ1) is 24.3. The maximum Gasteiger partial charge on any atom is 0.166 e. The number of halogens is 1. The van der Waals surface area contributed by atoms with Crippen molar-refractivity contribution >= 4 is 40.9 Å². The maximum atomic E-state index is 13.7. The highest BCUT2D eigenvalue weighted by atomic mass is 35.5. The van der Waals surface area contributed by atoms with Crippen molar-refractivity contribution in [2.75, 3.05) is 0 Å². The fraction of sp³-hybridized carbons (Fsp3) is 0.233. The van der Waals surface area contributed by atoms with Gasteiger partial charge in [-0.25, -0.2) is 0 Å². The third-order valence-corrected chi connectivity index (χ3v) is 8.89. The number of aromatic nitrogens is 1. The Bertz CT molecular complexity index is 1380. The Kier molecular flexibility index (Phi) is 6.65. The molecule has 5 rings (SSSR count). The molecule has 0 aliphatic heterocycles. The molecule has 35 heavy (non-hydrogen) atoms. The SMILES string of the molecule is Cc1ccc(Sc2c3c(n(-c4ccc(Cl)cc4)c2Sc2ccc(C)cc2)CC(C)(C)CC3=O)cc1. The lowest BCUT2D eigenvalue weighted by Crippen LogP contribution is -2.28. The molecule has 0 saturated carbocycles. The van der Waals surface area contributed by atoms with Crippen LogP contribution in [0.2, 0.25) is 5.02 Å². The molecule has 0 atom stereocenters. The summed E-state index contributed by atoms with van der Waals surface area (Å²) in [5.41, 5.74) is 5.36. The second kappa shape index (κ2) is 9.57. The Hall–Kier alpha value is -2.40. The molecule has 1 aliphatic carbocycles. The standard InChI is InChI=1S/C30H28ClNOS2/c1-19-5-13-23(14-6-19)34-28-27-25(17-30(3,4)18-26(27)33)32(22-11-9-21(31)10-12-22)29(28)35-24-15-7-20(2)8-16-24/h5-16H,17-18H2,1-4H3. The van der Waals surface area contributed by atoms with Crippen LogP contribution < -0.4 is 0 Å². The molecule has 5 heteroatoms. The summed E-state index contributed by atoms with van der Waals surface area (Å²) in [5, 5.41) is 1.78. The molecule has 1 aliphatic rings. The van der Waals surface area contributed by atoms with E-state index < -0.39 is 0 Å². The highest BCUT2D eigenvalue weighted by Gasteiger charge is 2.38. The van der Waals surface area contributed by atoms with Gasteiger partial charge < -0.3 is 4.57 Å². The van der Waals surface area contributed by atoms with Gasteiger partial charge in [-0.2, -0.15) is 0 Å². The van der Waals surface area contributed by atoms with E-state index >= 15 is 0 Å². The summed E-state index contributed by atoms with van der Waals surface area (Å²) in [6.45, 7) is 8.57. The van der Waals surface area contributed by atoms with Crippen molar-refractivity contribution in [3.63, 3.8) is 0 Å². The van der Waals surface area contributed by atoms with Crippen LogP contribution in [0.1, 0.15) is 47.4 Å². The fourth-order valence-electron chi connectivity index (χ4n) is 4.56. The van der Waals surface area contributed by atoms with Gasteiger partial charge in [0.05, 0.1) is 15.5 Å². The first-order valence-corrected chi connectivity index (χ1v) is 13.8. The van der Waals surface area contributed by atoms with Gasteiger partial charge in [-0.3, -0.25) is 4.79 Å². The van der Waals surface area contributed by atoms with Gasteiger partial charge in [0.25, 0.3) is 0 Å². The number of hydrogen-bond donors (Lipinski definition) is 0. The van der Waals surface area contributed by atoms with Crippen molar-refractivity contribution in [3.05, 3.63) is 100 Å². The number of benzene rings is 3. The van der Waals surface area contributed by atoms with E-state index in [0.29, 0.717) is 11.4 Å². The molecule has 0 spiro atoms. The summed E-state index contributed by atoms with van der Waals surface area (Å²) >= 11 is 9.67. The van der Waals surface area contributed by atoms with E-state index in [0.717, 1.165) is 43.1 Å². The number of carbonyl (C=O) groups excluding carboxylic acids is 1. The molecule has 1 aromatic heterocycles. The van der Waals surface area contributed by atoms with Crippen LogP contribution in [0.15, 0.2) is 92.5 Å². The normalized spacial score (nSPS) is 14.7. The van der Waals surface area contributed by atoms with Gasteiger partial charge in [-0.1, -0.05) is 84.4 Å². The quantitative estimate of drug-likeness (QED) is 0.263. The Morgan fingerprint density at radius 1 is 0.771 bits per heavy atom. The smallest absolute Gasteiger partial charge is 0.166 e. The molecule has 0 saturated heterocycles. The highest BCUT2D eigenvalue weighted by molar-refractivity contribution is 8.02. The molecule has 0 amide bonds. The summed E-state index contributed by atoms with van der Waals surface area (Å²) < 4.78 is 2.30. The number of ketones is 1. The van der Waals surface area contributed by atoms with Gasteiger partial charge in [0.15, 0.2) is 5.78 Å². The monoisotopic (exact) mass is 517 g/mol. The Morgan fingerprint density at radius 2 is 1.31 bits per heavy atom. The van der Waals surface area contributed by atoms with Crippen LogP contribution in [-0.2, 0) is 6.42 Å². The second-order valence-electron chi connectivity index (χ2n) is 10.0. The van der Waals surface area contributed by atoms with Crippen LogP contribution in [0.4, 0.5) is 0 Å². The van der Waals surface area contributed by atoms with Gasteiger partial charge in [-0.05, 0) is 74.2 Å². The van der Waals surface area contributed by atoms with E-state index in [9.17, 15) is 4.79 Å². The zero-order valence-corrected chi connectivity index (χ0v) is 22.8. The largest absolute Gasteiger partial charge is 0.307 e. The molecule has 3 aromatic carbocycles. The minimum atomic E-state index is -0.0931. The zero-order chi connectivity index (χ0) is 24.7. The summed E-state index contributed by atoms with van der Waals surface area (Å²) in [7, 11) is 0. The number of Topliss-reactive ketones (excluding diaryl/α,β-unsaturated/α-hetero) is 1. The van der Waals surface area contributed by atoms with Gasteiger partial charge in [0, 0.05) is 32.6 Å². The average Bonchev–Trinajstić information content (AvgIpc) is 3.09. The predicted molar refractivity (Wildman–Crippen MR) is 148 cm³/mol. The van der Waals surface area contributed by atoms with Crippen LogP contribution in [0.3, 0.4) is 0 Å². The number of aryl methyl sites for hydroxylation is 2. The highest BCUT2D eigenvalue weighted by Crippen LogP contribution is 2.49. The van der Waals surface area contributed by atoms with E-state index in [1.807, 2.05) is 24.3 Å². The van der Waals surface area contributed by atoms with E-state index in [1.54, 1.807) is 23.5 Å². The molecule has 0 radical (unpaired) electrons. The van der Waals surface area contributed by atoms with Gasteiger partial charge in [0.2, 0.25) is 0 Å². The van der Waals surface area contributed by atoms with E-state index in [1.165, 1.54) is 11.1 Å². The topological polar surface area (TPSA) is 22.0 Å². The second-order valence-corrected chi connectivity index (χ2v) is 12.6. The molecular weight excluding hydrogens is 490 g/mol. The Balaban J connectivity index is 1.76. The van der Waals surface area contributed by atoms with Crippen LogP contribution in [-0.4, -0.2) is 10.4 Å². The van der Waals surface area contributed by atoms with Crippen LogP contribution in [0, 0.1) is 19.3 Å². The maximum absolute atomic E-state index is 13.7. The van der Waals surface area contributed by atoms with E-state index in [-0.39, 0.29) is 11.2 Å². The van der Waals surface area contributed by atoms with Gasteiger partial charge >= 0.3 is 0 Å². The number of fused-ring (bicyclic) bond motifs is 1. The molecule has 2 nitrogen and oxygen atoms in total. The molecule has 0 fully saturated rings. The van der Waals surface area contributed by atoms with Crippen LogP contribution in [0.25, 0.3) is 5.69 Å². The van der Waals surface area contributed by atoms with E-state index in [4.69, 9.17) is 11.6 Å². The summed E-state index contributed by atoms with van der Waals surface area (Å²) in [6.07, 6.45) is 1.40. The van der Waals surface area contributed by atoms with Crippen molar-refractivity contribution in [3.8, 4) is 5.69 Å². The number of carbonyl (C=O) groups is 1. The Labute approximate surface area is 221 Å². The summed E-state index contributed by atoms with van der Waals surface area (Å²) in [5.74, 6) is 0.226. The van der Waals surface area contributed by atoms with Crippen LogP contribution in [0.5, 0.6) is 0 Å². The predicted octanol–water partition coefficient (Wildman–Crippen LogP) is 9.21.